The van der Waals surface area contributed by atoms with Crippen molar-refractivity contribution >= 4 is 5.69 Å². The molecule has 0 saturated heterocycles. The fourth-order valence-electron chi connectivity index (χ4n) is 2.28. The van der Waals surface area contributed by atoms with Crippen LogP contribution >= 0.6 is 0 Å². The first-order chi connectivity index (χ1) is 11.0. The highest BCUT2D eigenvalue weighted by molar-refractivity contribution is 5.84. The molecular formula is C15H11N3O5. The van der Waals surface area contributed by atoms with Gasteiger partial charge in [-0.15, -0.1) is 0 Å². The van der Waals surface area contributed by atoms with Gasteiger partial charge >= 0.3 is 5.69 Å². The third-order valence-electron chi connectivity index (χ3n) is 3.37. The summed E-state index contributed by atoms with van der Waals surface area (Å²) in [5, 5.41) is 46.4. The number of hydrogen-bond donors (Lipinski definition) is 4. The lowest BCUT2D eigenvalue weighted by Gasteiger charge is -2.07. The number of nitrogens with one attached hydrogen (secondary N) is 1. The zero-order valence-electron chi connectivity index (χ0n) is 11.6. The maximum atomic E-state index is 10.9. The predicted octanol–water partition coefficient (Wildman–Crippen LogP) is 2.77. The summed E-state index contributed by atoms with van der Waals surface area (Å²) in [4.78, 5) is 10.3. The smallest absolute Gasteiger partial charge is 0.311 e. The summed E-state index contributed by atoms with van der Waals surface area (Å²) in [6.07, 6.45) is 1.46. The van der Waals surface area contributed by atoms with Crippen LogP contribution < -0.4 is 0 Å². The van der Waals surface area contributed by atoms with Gasteiger partial charge in [-0.2, -0.15) is 5.10 Å². The Morgan fingerprint density at radius 1 is 1.00 bits per heavy atom. The Bertz CT molecular complexity index is 904. The summed E-state index contributed by atoms with van der Waals surface area (Å²) >= 11 is 0. The minimum absolute atomic E-state index is 0.0902. The number of nitrogens with zero attached hydrogens (tertiary/aromatic N) is 2. The molecule has 0 spiro atoms. The van der Waals surface area contributed by atoms with Crippen molar-refractivity contribution in [3.63, 3.8) is 0 Å². The van der Waals surface area contributed by atoms with Gasteiger partial charge in [0.2, 0.25) is 0 Å². The van der Waals surface area contributed by atoms with E-state index < -0.39 is 16.4 Å². The van der Waals surface area contributed by atoms with Crippen molar-refractivity contribution < 1.29 is 20.2 Å². The number of phenolic OH excluding ortho intramolecular Hbond substituents is 3. The van der Waals surface area contributed by atoms with Gasteiger partial charge in [0.1, 0.15) is 11.5 Å². The SMILES string of the molecule is O=[N+]([O-])c1cc(-c2cn[nH]c2-c2ccc(O)cc2O)ccc1O. The molecule has 0 fully saturated rings. The van der Waals surface area contributed by atoms with Crippen LogP contribution in [0, 0.1) is 10.1 Å². The fraction of sp³-hybridized carbons (Fsp3) is 0. The molecule has 0 amide bonds. The first-order valence-corrected chi connectivity index (χ1v) is 6.51. The van der Waals surface area contributed by atoms with Crippen molar-refractivity contribution in [1.82, 2.24) is 10.2 Å². The Morgan fingerprint density at radius 3 is 2.48 bits per heavy atom. The minimum atomic E-state index is -0.684. The molecule has 2 aromatic carbocycles. The molecule has 23 heavy (non-hydrogen) atoms. The second-order valence-electron chi connectivity index (χ2n) is 4.82. The van der Waals surface area contributed by atoms with Gasteiger partial charge in [0.15, 0.2) is 5.75 Å². The second kappa shape index (κ2) is 5.34. The summed E-state index contributed by atoms with van der Waals surface area (Å²) in [7, 11) is 0. The Kier molecular flexibility index (Phi) is 3.34. The van der Waals surface area contributed by atoms with Gasteiger partial charge in [-0.3, -0.25) is 15.2 Å². The van der Waals surface area contributed by atoms with Crippen molar-refractivity contribution in [2.75, 3.05) is 0 Å². The number of phenols is 3. The molecule has 0 aliphatic carbocycles. The summed E-state index contributed by atoms with van der Waals surface area (Å²) < 4.78 is 0. The van der Waals surface area contributed by atoms with Gasteiger partial charge in [-0.25, -0.2) is 0 Å². The highest BCUT2D eigenvalue weighted by Gasteiger charge is 2.18. The van der Waals surface area contributed by atoms with Gasteiger partial charge in [0.05, 0.1) is 16.8 Å². The number of benzene rings is 2. The lowest BCUT2D eigenvalue weighted by molar-refractivity contribution is -0.385. The monoisotopic (exact) mass is 313 g/mol. The van der Waals surface area contributed by atoms with Gasteiger partial charge in [0, 0.05) is 23.3 Å². The molecule has 0 unspecified atom stereocenters. The van der Waals surface area contributed by atoms with E-state index in [9.17, 15) is 25.4 Å². The molecule has 116 valence electrons. The van der Waals surface area contributed by atoms with E-state index in [-0.39, 0.29) is 11.5 Å². The lowest BCUT2D eigenvalue weighted by Crippen LogP contribution is -1.90. The van der Waals surface area contributed by atoms with Gasteiger partial charge in [-0.1, -0.05) is 6.07 Å². The largest absolute Gasteiger partial charge is 0.508 e. The molecular weight excluding hydrogens is 302 g/mol. The van der Waals surface area contributed by atoms with Crippen molar-refractivity contribution in [2.24, 2.45) is 0 Å². The number of nitro groups is 1. The highest BCUT2D eigenvalue weighted by atomic mass is 16.6. The van der Waals surface area contributed by atoms with E-state index in [4.69, 9.17) is 0 Å². The molecule has 1 heterocycles. The molecule has 0 atom stereocenters. The van der Waals surface area contributed by atoms with Crippen molar-refractivity contribution in [3.05, 3.63) is 52.7 Å². The number of aromatic amines is 1. The number of hydrogen-bond acceptors (Lipinski definition) is 6. The van der Waals surface area contributed by atoms with E-state index in [1.54, 1.807) is 0 Å². The van der Waals surface area contributed by atoms with E-state index >= 15 is 0 Å². The molecule has 4 N–H and O–H groups in total. The van der Waals surface area contributed by atoms with Crippen molar-refractivity contribution in [1.29, 1.82) is 0 Å². The number of rotatable bonds is 3. The Hall–Kier alpha value is -3.55. The molecule has 0 aliphatic heterocycles. The van der Waals surface area contributed by atoms with Crippen LogP contribution in [0.4, 0.5) is 5.69 Å². The summed E-state index contributed by atoms with van der Waals surface area (Å²) in [6.45, 7) is 0. The van der Waals surface area contributed by atoms with E-state index in [1.807, 2.05) is 0 Å². The predicted molar refractivity (Wildman–Crippen MR) is 81.1 cm³/mol. The molecule has 0 saturated carbocycles. The molecule has 3 rings (SSSR count). The van der Waals surface area contributed by atoms with Crippen LogP contribution in [0.5, 0.6) is 17.2 Å². The first-order valence-electron chi connectivity index (χ1n) is 6.51. The first kappa shape index (κ1) is 14.4. The third kappa shape index (κ3) is 2.53. The van der Waals surface area contributed by atoms with E-state index in [0.717, 1.165) is 0 Å². The van der Waals surface area contributed by atoms with Crippen LogP contribution in [0.15, 0.2) is 42.6 Å². The molecule has 1 aromatic heterocycles. The van der Waals surface area contributed by atoms with Crippen LogP contribution in [-0.2, 0) is 0 Å². The molecule has 0 aliphatic rings. The van der Waals surface area contributed by atoms with Crippen LogP contribution in [0.25, 0.3) is 22.4 Å². The number of H-pyrrole nitrogens is 1. The second-order valence-corrected chi connectivity index (χ2v) is 4.82. The summed E-state index contributed by atoms with van der Waals surface area (Å²) in [5.41, 5.74) is 1.35. The van der Waals surface area contributed by atoms with Gasteiger partial charge < -0.3 is 15.3 Å². The number of aromatic hydroxyl groups is 3. The quantitative estimate of drug-likeness (QED) is 0.434. The maximum Gasteiger partial charge on any atom is 0.311 e. The van der Waals surface area contributed by atoms with Crippen LogP contribution in [0.3, 0.4) is 0 Å². The van der Waals surface area contributed by atoms with Crippen LogP contribution in [0.2, 0.25) is 0 Å². The van der Waals surface area contributed by atoms with Crippen LogP contribution in [-0.4, -0.2) is 30.4 Å². The topological polar surface area (TPSA) is 133 Å². The van der Waals surface area contributed by atoms with Crippen molar-refractivity contribution in [2.45, 2.75) is 0 Å². The summed E-state index contributed by atoms with van der Waals surface area (Å²) in [5.74, 6) is -0.687. The van der Waals surface area contributed by atoms with Crippen LogP contribution in [0.1, 0.15) is 0 Å². The summed E-state index contributed by atoms with van der Waals surface area (Å²) in [6, 6.07) is 8.03. The van der Waals surface area contributed by atoms with Crippen molar-refractivity contribution in [3.8, 4) is 39.6 Å². The maximum absolute atomic E-state index is 10.9. The molecule has 0 radical (unpaired) electrons. The average molecular weight is 313 g/mol. The van der Waals surface area contributed by atoms with E-state index in [0.29, 0.717) is 22.4 Å². The van der Waals surface area contributed by atoms with E-state index in [1.165, 1.54) is 42.6 Å². The Labute approximate surface area is 129 Å². The molecule has 0 bridgehead atoms. The molecule has 3 aromatic rings. The Morgan fingerprint density at radius 2 is 1.78 bits per heavy atom. The minimum Gasteiger partial charge on any atom is -0.508 e. The zero-order valence-corrected chi connectivity index (χ0v) is 11.6. The number of nitro benzene ring substituents is 1. The van der Waals surface area contributed by atoms with Gasteiger partial charge in [-0.05, 0) is 23.8 Å². The molecule has 8 heteroatoms. The average Bonchev–Trinajstić information content (AvgIpc) is 2.96. The fourth-order valence-corrected chi connectivity index (χ4v) is 2.28. The molecule has 8 nitrogen and oxygen atoms in total. The third-order valence-corrected chi connectivity index (χ3v) is 3.37. The normalized spacial score (nSPS) is 10.6. The Balaban J connectivity index is 2.15. The number of aromatic nitrogens is 2. The standard InChI is InChI=1S/C15H11N3O5/c19-9-2-3-10(14(21)6-9)15-11(7-16-17-15)8-1-4-13(20)12(5-8)18(22)23/h1-7,19-21H,(H,16,17). The lowest BCUT2D eigenvalue weighted by atomic mass is 10.0. The van der Waals surface area contributed by atoms with E-state index in [2.05, 4.69) is 10.2 Å². The van der Waals surface area contributed by atoms with Gasteiger partial charge in [0.25, 0.3) is 0 Å². The zero-order chi connectivity index (χ0) is 16.6. The highest BCUT2D eigenvalue weighted by Crippen LogP contribution is 2.39.